The second-order valence-electron chi connectivity index (χ2n) is 6.25. The van der Waals surface area contributed by atoms with E-state index in [2.05, 4.69) is 4.72 Å². The minimum absolute atomic E-state index is 0.189. The van der Waals surface area contributed by atoms with Gasteiger partial charge in [-0.2, -0.15) is 4.31 Å². The van der Waals surface area contributed by atoms with Crippen LogP contribution in [-0.2, 0) is 33.0 Å². The third-order valence-corrected chi connectivity index (χ3v) is 6.88. The number of nitrogens with zero attached hydrogens (tertiary/aromatic N) is 1. The molecule has 2 aromatic carbocycles. The van der Waals surface area contributed by atoms with Crippen molar-refractivity contribution in [3.05, 3.63) is 59.2 Å². The summed E-state index contributed by atoms with van der Waals surface area (Å²) in [6.07, 6.45) is 1.80. The van der Waals surface area contributed by atoms with Crippen LogP contribution in [0.5, 0.6) is 0 Å². The van der Waals surface area contributed by atoms with Gasteiger partial charge in [-0.05, 0) is 48.7 Å². The average molecular weight is 380 g/mol. The Morgan fingerprint density at radius 1 is 0.960 bits per heavy atom. The summed E-state index contributed by atoms with van der Waals surface area (Å²) in [5.74, 6) is 0. The minimum atomic E-state index is -3.68. The molecule has 0 aromatic heterocycles. The van der Waals surface area contributed by atoms with Crippen molar-refractivity contribution in [2.24, 2.45) is 0 Å². The van der Waals surface area contributed by atoms with Crippen LogP contribution in [-0.4, -0.2) is 33.9 Å². The van der Waals surface area contributed by atoms with Crippen LogP contribution in [0.25, 0.3) is 0 Å². The molecule has 8 heteroatoms. The highest BCUT2D eigenvalue weighted by Crippen LogP contribution is 2.25. The highest BCUT2D eigenvalue weighted by molar-refractivity contribution is 7.92. The number of benzene rings is 2. The normalized spacial score (nSPS) is 15.6. The molecule has 6 nitrogen and oxygen atoms in total. The number of sulfonamides is 2. The molecule has 0 radical (unpaired) electrons. The zero-order chi connectivity index (χ0) is 18.2. The topological polar surface area (TPSA) is 83.6 Å². The molecule has 0 fully saturated rings. The molecule has 134 valence electrons. The maximum Gasteiger partial charge on any atom is 0.261 e. The Balaban J connectivity index is 1.86. The average Bonchev–Trinajstić information content (AvgIpc) is 2.53. The molecular formula is C17H20N2O4S2. The Labute approximate surface area is 148 Å². The fourth-order valence-electron chi connectivity index (χ4n) is 2.81. The molecule has 0 saturated heterocycles. The van der Waals surface area contributed by atoms with Gasteiger partial charge in [0.25, 0.3) is 10.0 Å². The number of anilines is 1. The minimum Gasteiger partial charge on any atom is -0.280 e. The molecule has 0 bridgehead atoms. The van der Waals surface area contributed by atoms with Gasteiger partial charge in [-0.3, -0.25) is 4.72 Å². The summed E-state index contributed by atoms with van der Waals surface area (Å²) < 4.78 is 52.4. The summed E-state index contributed by atoms with van der Waals surface area (Å²) in [4.78, 5) is 0.189. The molecule has 1 N–H and O–H groups in total. The molecule has 0 saturated carbocycles. The first-order valence-electron chi connectivity index (χ1n) is 7.81. The van der Waals surface area contributed by atoms with Gasteiger partial charge in [-0.15, -0.1) is 0 Å². The van der Waals surface area contributed by atoms with Crippen molar-refractivity contribution in [1.29, 1.82) is 0 Å². The van der Waals surface area contributed by atoms with Gasteiger partial charge in [-0.25, -0.2) is 16.8 Å². The van der Waals surface area contributed by atoms with Gasteiger partial charge in [0.2, 0.25) is 10.0 Å². The lowest BCUT2D eigenvalue weighted by atomic mass is 10.0. The number of nitrogens with one attached hydrogen (secondary N) is 1. The fourth-order valence-corrected chi connectivity index (χ4v) is 4.66. The van der Waals surface area contributed by atoms with Crippen molar-refractivity contribution < 1.29 is 16.8 Å². The van der Waals surface area contributed by atoms with Crippen molar-refractivity contribution in [2.45, 2.75) is 24.8 Å². The summed E-state index contributed by atoms with van der Waals surface area (Å²) in [5.41, 5.74) is 3.27. The molecule has 0 amide bonds. The lowest BCUT2D eigenvalue weighted by Gasteiger charge is -2.27. The molecule has 0 spiro atoms. The molecule has 0 unspecified atom stereocenters. The maximum atomic E-state index is 12.5. The first kappa shape index (κ1) is 17.9. The third-order valence-electron chi connectivity index (χ3n) is 4.24. The Morgan fingerprint density at radius 3 is 2.28 bits per heavy atom. The number of hydrogen-bond donors (Lipinski definition) is 1. The standard InChI is InChI=1S/C17H20N2O4S2/c1-13-3-7-17(8-4-13)25(22,23)18-16-6-5-14-9-10-19(24(2,20)21)12-15(14)11-16/h3-8,11,18H,9-10,12H2,1-2H3. The highest BCUT2D eigenvalue weighted by Gasteiger charge is 2.23. The molecule has 3 rings (SSSR count). The molecule has 2 aromatic rings. The van der Waals surface area contributed by atoms with Gasteiger partial charge in [0.15, 0.2) is 0 Å². The third kappa shape index (κ3) is 4.02. The van der Waals surface area contributed by atoms with Crippen LogP contribution in [0.4, 0.5) is 5.69 Å². The van der Waals surface area contributed by atoms with Crippen LogP contribution in [0.1, 0.15) is 16.7 Å². The van der Waals surface area contributed by atoms with Crippen LogP contribution >= 0.6 is 0 Å². The van der Waals surface area contributed by atoms with Crippen LogP contribution in [0.2, 0.25) is 0 Å². The van der Waals surface area contributed by atoms with Gasteiger partial charge in [0.1, 0.15) is 0 Å². The summed E-state index contributed by atoms with van der Waals surface area (Å²) in [6, 6.07) is 11.9. The largest absolute Gasteiger partial charge is 0.280 e. The van der Waals surface area contributed by atoms with Crippen molar-refractivity contribution in [3.63, 3.8) is 0 Å². The van der Waals surface area contributed by atoms with Crippen LogP contribution in [0, 0.1) is 6.92 Å². The van der Waals surface area contributed by atoms with Crippen molar-refractivity contribution in [1.82, 2.24) is 4.31 Å². The molecule has 0 aliphatic carbocycles. The monoisotopic (exact) mass is 380 g/mol. The zero-order valence-corrected chi connectivity index (χ0v) is 15.7. The smallest absolute Gasteiger partial charge is 0.261 e. The van der Waals surface area contributed by atoms with E-state index >= 15 is 0 Å². The Morgan fingerprint density at radius 2 is 1.64 bits per heavy atom. The summed E-state index contributed by atoms with van der Waals surface area (Å²) in [5, 5.41) is 0. The number of hydrogen-bond acceptors (Lipinski definition) is 4. The Kier molecular flexibility index (Phi) is 4.61. The Bertz CT molecular complexity index is 997. The van der Waals surface area contributed by atoms with Crippen molar-refractivity contribution in [3.8, 4) is 0 Å². The first-order valence-corrected chi connectivity index (χ1v) is 11.1. The van der Waals surface area contributed by atoms with E-state index in [1.807, 2.05) is 13.0 Å². The maximum absolute atomic E-state index is 12.5. The van der Waals surface area contributed by atoms with Crippen molar-refractivity contribution >= 4 is 25.7 Å². The lowest BCUT2D eigenvalue weighted by Crippen LogP contribution is -2.35. The van der Waals surface area contributed by atoms with Gasteiger partial charge >= 0.3 is 0 Å². The summed E-state index contributed by atoms with van der Waals surface area (Å²) in [6.45, 7) is 2.59. The molecule has 1 heterocycles. The number of aryl methyl sites for hydroxylation is 1. The van der Waals surface area contributed by atoms with E-state index in [1.54, 1.807) is 36.4 Å². The van der Waals surface area contributed by atoms with E-state index in [4.69, 9.17) is 0 Å². The second kappa shape index (κ2) is 6.44. The van der Waals surface area contributed by atoms with Gasteiger partial charge in [0, 0.05) is 18.8 Å². The van der Waals surface area contributed by atoms with E-state index < -0.39 is 20.0 Å². The fraction of sp³-hybridized carbons (Fsp3) is 0.294. The number of rotatable bonds is 4. The summed E-state index contributed by atoms with van der Waals surface area (Å²) >= 11 is 0. The molecule has 25 heavy (non-hydrogen) atoms. The van der Waals surface area contributed by atoms with Crippen molar-refractivity contribution in [2.75, 3.05) is 17.5 Å². The van der Waals surface area contributed by atoms with Gasteiger partial charge in [-0.1, -0.05) is 23.8 Å². The van der Waals surface area contributed by atoms with E-state index in [0.29, 0.717) is 18.7 Å². The SMILES string of the molecule is Cc1ccc(S(=O)(=O)Nc2ccc3c(c2)CN(S(C)(=O)=O)CC3)cc1. The molecule has 1 aliphatic heterocycles. The van der Waals surface area contributed by atoms with Gasteiger partial charge in [0.05, 0.1) is 11.2 Å². The van der Waals surface area contributed by atoms with E-state index in [-0.39, 0.29) is 11.4 Å². The Hall–Kier alpha value is -1.90. The number of fused-ring (bicyclic) bond motifs is 1. The summed E-state index contributed by atoms with van der Waals surface area (Å²) in [7, 11) is -6.95. The van der Waals surface area contributed by atoms with Crippen LogP contribution in [0.15, 0.2) is 47.4 Å². The highest BCUT2D eigenvalue weighted by atomic mass is 32.2. The quantitative estimate of drug-likeness (QED) is 0.881. The predicted octanol–water partition coefficient (Wildman–Crippen LogP) is 2.11. The van der Waals surface area contributed by atoms with Crippen LogP contribution in [0.3, 0.4) is 0 Å². The molecular weight excluding hydrogens is 360 g/mol. The lowest BCUT2D eigenvalue weighted by molar-refractivity contribution is 0.395. The zero-order valence-electron chi connectivity index (χ0n) is 14.1. The molecule has 0 atom stereocenters. The second-order valence-corrected chi connectivity index (χ2v) is 9.91. The van der Waals surface area contributed by atoms with Gasteiger partial charge < -0.3 is 0 Å². The van der Waals surface area contributed by atoms with E-state index in [9.17, 15) is 16.8 Å². The molecule has 1 aliphatic rings. The predicted molar refractivity (Wildman–Crippen MR) is 97.4 cm³/mol. The van der Waals surface area contributed by atoms with E-state index in [1.165, 1.54) is 10.6 Å². The van der Waals surface area contributed by atoms with E-state index in [0.717, 1.165) is 16.7 Å². The first-order chi connectivity index (χ1) is 11.6. The van der Waals surface area contributed by atoms with Crippen LogP contribution < -0.4 is 4.72 Å².